The van der Waals surface area contributed by atoms with Crippen LogP contribution in [0.3, 0.4) is 0 Å². The molecule has 33 heavy (non-hydrogen) atoms. The molecule has 2 aromatic carbocycles. The van der Waals surface area contributed by atoms with Gasteiger partial charge in [-0.1, -0.05) is 6.92 Å². The Morgan fingerprint density at radius 3 is 2.27 bits per heavy atom. The number of nitrogens with one attached hydrogen (secondary N) is 2. The molecule has 0 spiro atoms. The van der Waals surface area contributed by atoms with Gasteiger partial charge < -0.3 is 25.1 Å². The van der Waals surface area contributed by atoms with E-state index in [1.807, 2.05) is 6.92 Å². The summed E-state index contributed by atoms with van der Waals surface area (Å²) in [5.74, 6) is -0.881. The van der Waals surface area contributed by atoms with E-state index in [0.717, 1.165) is 11.0 Å². The van der Waals surface area contributed by atoms with Gasteiger partial charge in [0, 0.05) is 14.1 Å². The molecule has 0 saturated carbocycles. The predicted octanol–water partition coefficient (Wildman–Crippen LogP) is 3.92. The predicted molar refractivity (Wildman–Crippen MR) is 116 cm³/mol. The van der Waals surface area contributed by atoms with Crippen molar-refractivity contribution in [3.63, 3.8) is 0 Å². The van der Waals surface area contributed by atoms with Crippen LogP contribution in [0.2, 0.25) is 0 Å². The maximum Gasteiger partial charge on any atom is 0.417 e. The van der Waals surface area contributed by atoms with Crippen molar-refractivity contribution in [1.29, 1.82) is 0 Å². The summed E-state index contributed by atoms with van der Waals surface area (Å²) < 4.78 is 45.8. The third kappa shape index (κ3) is 4.43. The Morgan fingerprint density at radius 2 is 1.76 bits per heavy atom. The summed E-state index contributed by atoms with van der Waals surface area (Å²) in [6.07, 6.45) is -4.40. The van der Waals surface area contributed by atoms with Crippen LogP contribution in [-0.2, 0) is 6.18 Å². The van der Waals surface area contributed by atoms with Gasteiger partial charge in [-0.3, -0.25) is 14.4 Å². The zero-order valence-electron chi connectivity index (χ0n) is 18.3. The van der Waals surface area contributed by atoms with Gasteiger partial charge in [0.25, 0.3) is 16.8 Å². The zero-order chi connectivity index (χ0) is 24.7. The van der Waals surface area contributed by atoms with Gasteiger partial charge in [-0.15, -0.1) is 0 Å². The Bertz CT molecular complexity index is 1270. The Labute approximate surface area is 186 Å². The summed E-state index contributed by atoms with van der Waals surface area (Å²) in [4.78, 5) is 37.6. The molecule has 0 radical (unpaired) electrons. The number of rotatable bonds is 7. The summed E-state index contributed by atoms with van der Waals surface area (Å²) in [5.41, 5.74) is -4.70. The van der Waals surface area contributed by atoms with Crippen LogP contribution in [0.15, 0.2) is 38.3 Å². The number of amides is 1. The molecular formula is C22H22F3N3O5. The number of nitrogens with zero attached hydrogens (tertiary/aromatic N) is 1. The van der Waals surface area contributed by atoms with E-state index >= 15 is 0 Å². The highest BCUT2D eigenvalue weighted by atomic mass is 19.4. The number of carbonyl (C=O) groups is 1. The largest absolute Gasteiger partial charge is 0.505 e. The van der Waals surface area contributed by atoms with Crippen LogP contribution in [-0.4, -0.2) is 30.0 Å². The lowest BCUT2D eigenvalue weighted by Crippen LogP contribution is -2.37. The second kappa shape index (κ2) is 8.64. The lowest BCUT2D eigenvalue weighted by molar-refractivity contribution is -0.138. The fourth-order valence-corrected chi connectivity index (χ4v) is 3.34. The molecule has 3 aromatic rings. The van der Waals surface area contributed by atoms with Gasteiger partial charge in [0.05, 0.1) is 22.9 Å². The average Bonchev–Trinajstić information content (AvgIpc) is 3.18. The summed E-state index contributed by atoms with van der Waals surface area (Å²) >= 11 is 0. The van der Waals surface area contributed by atoms with Gasteiger partial charge in [-0.2, -0.15) is 13.2 Å². The van der Waals surface area contributed by atoms with Gasteiger partial charge >= 0.3 is 6.18 Å². The van der Waals surface area contributed by atoms with Crippen molar-refractivity contribution in [2.75, 3.05) is 24.7 Å². The van der Waals surface area contributed by atoms with Crippen molar-refractivity contribution in [3.05, 3.63) is 67.4 Å². The summed E-state index contributed by atoms with van der Waals surface area (Å²) in [5, 5.41) is 15.9. The highest BCUT2D eigenvalue weighted by Gasteiger charge is 2.38. The second-order valence-corrected chi connectivity index (χ2v) is 7.67. The zero-order valence-corrected chi connectivity index (χ0v) is 18.3. The van der Waals surface area contributed by atoms with Crippen LogP contribution in [0, 0.1) is 6.92 Å². The Morgan fingerprint density at radius 1 is 1.12 bits per heavy atom. The van der Waals surface area contributed by atoms with Crippen molar-refractivity contribution in [2.45, 2.75) is 32.5 Å². The number of anilines is 3. The number of aryl methyl sites for hydroxylation is 1. The lowest BCUT2D eigenvalue weighted by Gasteiger charge is -2.22. The molecule has 0 saturated heterocycles. The van der Waals surface area contributed by atoms with Crippen molar-refractivity contribution < 1.29 is 27.5 Å². The molecule has 1 unspecified atom stereocenters. The monoisotopic (exact) mass is 465 g/mol. The SMILES string of the molecule is CCC(Nc1c(Nc2ccc(C(F)(F)F)c(C(=O)N(C)C)c2O)c(=O)c1=O)c1ccc(C)o1. The first-order valence-electron chi connectivity index (χ1n) is 9.94. The lowest BCUT2D eigenvalue weighted by atomic mass is 10.0. The van der Waals surface area contributed by atoms with Crippen LogP contribution >= 0.6 is 0 Å². The number of hydrogen-bond donors (Lipinski definition) is 3. The van der Waals surface area contributed by atoms with E-state index in [2.05, 4.69) is 10.6 Å². The molecule has 0 bridgehead atoms. The number of phenols is 1. The topological polar surface area (TPSA) is 112 Å². The number of benzene rings is 1. The number of carbonyl (C=O) groups excluding carboxylic acids is 1. The summed E-state index contributed by atoms with van der Waals surface area (Å²) in [6, 6.07) is 4.52. The minimum Gasteiger partial charge on any atom is -0.505 e. The first-order valence-corrected chi connectivity index (χ1v) is 9.94. The fraction of sp³-hybridized carbons (Fsp3) is 0.318. The molecule has 176 valence electrons. The molecule has 0 fully saturated rings. The number of aromatic hydroxyl groups is 1. The molecule has 1 amide bonds. The highest BCUT2D eigenvalue weighted by Crippen LogP contribution is 2.41. The number of furan rings is 1. The van der Waals surface area contributed by atoms with Crippen LogP contribution in [0.1, 0.15) is 46.8 Å². The Hall–Kier alpha value is -3.76. The standard InChI is InChI=1S/C22H22F3N3O5/c1-5-12(14-9-6-10(2)33-14)26-16-17(20(31)19(16)30)27-13-8-7-11(22(23,24)25)15(18(13)29)21(32)28(3)4/h6-9,12,26-27,29H,5H2,1-4H3. The fourth-order valence-electron chi connectivity index (χ4n) is 3.34. The minimum absolute atomic E-state index is 0.0966. The van der Waals surface area contributed by atoms with E-state index in [9.17, 15) is 32.7 Å². The maximum absolute atomic E-state index is 13.4. The van der Waals surface area contributed by atoms with E-state index in [1.165, 1.54) is 14.1 Å². The number of alkyl halides is 3. The normalized spacial score (nSPS) is 12.6. The first kappa shape index (κ1) is 23.9. The molecule has 0 aliphatic heterocycles. The highest BCUT2D eigenvalue weighted by molar-refractivity contribution is 6.00. The van der Waals surface area contributed by atoms with Crippen molar-refractivity contribution in [3.8, 4) is 5.75 Å². The van der Waals surface area contributed by atoms with Gasteiger partial charge in [-0.05, 0) is 37.6 Å². The molecule has 1 aromatic heterocycles. The van der Waals surface area contributed by atoms with E-state index in [4.69, 9.17) is 4.42 Å². The van der Waals surface area contributed by atoms with E-state index in [-0.39, 0.29) is 17.1 Å². The quantitative estimate of drug-likeness (QED) is 0.358. The minimum atomic E-state index is -4.90. The maximum atomic E-state index is 13.4. The Balaban J connectivity index is 2.00. The van der Waals surface area contributed by atoms with Gasteiger partial charge in [-0.25, -0.2) is 0 Å². The number of halogens is 3. The third-order valence-electron chi connectivity index (χ3n) is 5.10. The number of hydrogen-bond acceptors (Lipinski definition) is 7. The second-order valence-electron chi connectivity index (χ2n) is 7.67. The molecule has 0 aliphatic carbocycles. The molecule has 0 aliphatic rings. The molecule has 3 N–H and O–H groups in total. The van der Waals surface area contributed by atoms with Crippen molar-refractivity contribution in [2.24, 2.45) is 0 Å². The van der Waals surface area contributed by atoms with Gasteiger partial charge in [0.15, 0.2) is 5.75 Å². The van der Waals surface area contributed by atoms with Gasteiger partial charge in [0.2, 0.25) is 0 Å². The molecule has 1 heterocycles. The molecule has 8 nitrogen and oxygen atoms in total. The number of phenolic OH excluding ortho intramolecular Hbond substituents is 1. The summed E-state index contributed by atoms with van der Waals surface area (Å²) in [7, 11) is 2.48. The molecule has 11 heteroatoms. The van der Waals surface area contributed by atoms with Crippen LogP contribution < -0.4 is 21.5 Å². The first-order chi connectivity index (χ1) is 15.4. The average molecular weight is 465 g/mol. The van der Waals surface area contributed by atoms with E-state index < -0.39 is 45.9 Å². The third-order valence-corrected chi connectivity index (χ3v) is 5.10. The molecule has 3 rings (SSSR count). The van der Waals surface area contributed by atoms with Crippen molar-refractivity contribution >= 4 is 23.0 Å². The van der Waals surface area contributed by atoms with Crippen LogP contribution in [0.5, 0.6) is 5.75 Å². The smallest absolute Gasteiger partial charge is 0.417 e. The van der Waals surface area contributed by atoms with E-state index in [0.29, 0.717) is 24.0 Å². The van der Waals surface area contributed by atoms with E-state index in [1.54, 1.807) is 19.1 Å². The Kier molecular flexibility index (Phi) is 6.26. The molecule has 1 atom stereocenters. The van der Waals surface area contributed by atoms with Crippen LogP contribution in [0.25, 0.3) is 0 Å². The summed E-state index contributed by atoms with van der Waals surface area (Å²) in [6.45, 7) is 3.58. The van der Waals surface area contributed by atoms with Crippen LogP contribution in [0.4, 0.5) is 30.2 Å². The van der Waals surface area contributed by atoms with Gasteiger partial charge in [0.1, 0.15) is 22.9 Å². The van der Waals surface area contributed by atoms with Crippen molar-refractivity contribution in [1.82, 2.24) is 4.90 Å². The molecular weight excluding hydrogens is 443 g/mol.